The van der Waals surface area contributed by atoms with Crippen molar-refractivity contribution in [3.05, 3.63) is 62.5 Å². The van der Waals surface area contributed by atoms with Crippen molar-refractivity contribution in [3.63, 3.8) is 0 Å². The van der Waals surface area contributed by atoms with Gasteiger partial charge in [0.2, 0.25) is 0 Å². The first-order valence-corrected chi connectivity index (χ1v) is 9.21. The van der Waals surface area contributed by atoms with Gasteiger partial charge >= 0.3 is 0 Å². The van der Waals surface area contributed by atoms with E-state index >= 15 is 0 Å². The molecule has 0 spiro atoms. The number of amides is 1. The second-order valence-corrected chi connectivity index (χ2v) is 7.43. The summed E-state index contributed by atoms with van der Waals surface area (Å²) < 4.78 is 6.33. The molecule has 1 aromatic carbocycles. The monoisotopic (exact) mass is 385 g/mol. The molecule has 1 amide bonds. The molecule has 4 rings (SSSR count). The van der Waals surface area contributed by atoms with Crippen LogP contribution in [0, 0.1) is 17.0 Å². The maximum absolute atomic E-state index is 12.5. The van der Waals surface area contributed by atoms with Gasteiger partial charge in [-0.3, -0.25) is 20.2 Å². The molecule has 0 unspecified atom stereocenters. The lowest BCUT2D eigenvalue weighted by Gasteiger charge is -1.97. The molecule has 0 aliphatic rings. The van der Waals surface area contributed by atoms with Crippen molar-refractivity contribution in [2.24, 2.45) is 0 Å². The van der Waals surface area contributed by atoms with Crippen molar-refractivity contribution in [1.29, 1.82) is 0 Å². The number of nitrogens with one attached hydrogen (secondary N) is 1. The standard InChI is InChI=1S/C17H11N3O4S2/c1-9-2-4-13(24-9)12-8-25-17(18-12)19-16(21)15-7-10-6-11(20(22)23)3-5-14(10)26-15/h2-8H,1H3,(H,18,19,21). The van der Waals surface area contributed by atoms with Crippen LogP contribution in [-0.2, 0) is 0 Å². The maximum Gasteiger partial charge on any atom is 0.270 e. The number of thiazole rings is 1. The number of carbonyl (C=O) groups is 1. The Hall–Kier alpha value is -3.04. The molecule has 0 radical (unpaired) electrons. The zero-order chi connectivity index (χ0) is 18.3. The summed E-state index contributed by atoms with van der Waals surface area (Å²) >= 11 is 2.58. The number of non-ortho nitro benzene ring substituents is 1. The Morgan fingerprint density at radius 3 is 2.85 bits per heavy atom. The summed E-state index contributed by atoms with van der Waals surface area (Å²) in [4.78, 5) is 27.7. The van der Waals surface area contributed by atoms with Gasteiger partial charge in [0.15, 0.2) is 10.9 Å². The molecule has 26 heavy (non-hydrogen) atoms. The smallest absolute Gasteiger partial charge is 0.270 e. The van der Waals surface area contributed by atoms with Crippen LogP contribution in [-0.4, -0.2) is 15.8 Å². The van der Waals surface area contributed by atoms with Crippen LogP contribution >= 0.6 is 22.7 Å². The average Bonchev–Trinajstić information content (AvgIpc) is 3.32. The number of hydrogen-bond acceptors (Lipinski definition) is 7. The Kier molecular flexibility index (Phi) is 4.02. The molecule has 4 aromatic rings. The molecular formula is C17H11N3O4S2. The van der Waals surface area contributed by atoms with Crippen LogP contribution in [0.25, 0.3) is 21.5 Å². The lowest BCUT2D eigenvalue weighted by atomic mass is 10.2. The minimum Gasteiger partial charge on any atom is -0.460 e. The molecule has 9 heteroatoms. The van der Waals surface area contributed by atoms with Crippen LogP contribution in [0.2, 0.25) is 0 Å². The number of aryl methyl sites for hydroxylation is 1. The molecule has 0 saturated heterocycles. The van der Waals surface area contributed by atoms with E-state index in [9.17, 15) is 14.9 Å². The van der Waals surface area contributed by atoms with Crippen LogP contribution in [0.4, 0.5) is 10.8 Å². The van der Waals surface area contributed by atoms with E-state index in [2.05, 4.69) is 10.3 Å². The number of fused-ring (bicyclic) bond motifs is 1. The quantitative estimate of drug-likeness (QED) is 0.390. The second-order valence-electron chi connectivity index (χ2n) is 5.49. The van der Waals surface area contributed by atoms with Crippen LogP contribution in [0.5, 0.6) is 0 Å². The first kappa shape index (κ1) is 16.4. The van der Waals surface area contributed by atoms with Crippen molar-refractivity contribution >= 4 is 49.5 Å². The fraction of sp³-hybridized carbons (Fsp3) is 0.0588. The number of benzene rings is 1. The zero-order valence-corrected chi connectivity index (χ0v) is 15.0. The number of rotatable bonds is 4. The number of aromatic nitrogens is 1. The normalized spacial score (nSPS) is 11.0. The van der Waals surface area contributed by atoms with Gasteiger partial charge in [-0.15, -0.1) is 22.7 Å². The number of nitro groups is 1. The summed E-state index contributed by atoms with van der Waals surface area (Å²) in [6.07, 6.45) is 0. The Balaban J connectivity index is 1.55. The van der Waals surface area contributed by atoms with Crippen molar-refractivity contribution in [2.75, 3.05) is 5.32 Å². The summed E-state index contributed by atoms with van der Waals surface area (Å²) in [7, 11) is 0. The van der Waals surface area contributed by atoms with Crippen LogP contribution < -0.4 is 5.32 Å². The molecule has 0 aliphatic carbocycles. The number of carbonyl (C=O) groups excluding carboxylic acids is 1. The predicted molar refractivity (Wildman–Crippen MR) is 101 cm³/mol. The predicted octanol–water partition coefficient (Wildman–Crippen LogP) is 5.09. The molecule has 0 bridgehead atoms. The summed E-state index contributed by atoms with van der Waals surface area (Å²) in [5.74, 6) is 1.14. The van der Waals surface area contributed by atoms with E-state index in [4.69, 9.17) is 4.42 Å². The zero-order valence-electron chi connectivity index (χ0n) is 13.4. The highest BCUT2D eigenvalue weighted by Gasteiger charge is 2.15. The summed E-state index contributed by atoms with van der Waals surface area (Å²) in [5.41, 5.74) is 0.658. The fourth-order valence-electron chi connectivity index (χ4n) is 2.43. The van der Waals surface area contributed by atoms with Gasteiger partial charge in [0, 0.05) is 27.6 Å². The first-order valence-electron chi connectivity index (χ1n) is 7.51. The van der Waals surface area contributed by atoms with Gasteiger partial charge in [-0.25, -0.2) is 4.98 Å². The maximum atomic E-state index is 12.5. The van der Waals surface area contributed by atoms with E-state index in [-0.39, 0.29) is 11.6 Å². The van der Waals surface area contributed by atoms with Gasteiger partial charge in [0.05, 0.1) is 9.80 Å². The highest BCUT2D eigenvalue weighted by Crippen LogP contribution is 2.30. The Morgan fingerprint density at radius 1 is 1.27 bits per heavy atom. The van der Waals surface area contributed by atoms with Crippen molar-refractivity contribution in [2.45, 2.75) is 6.92 Å². The summed E-state index contributed by atoms with van der Waals surface area (Å²) in [5, 5.41) is 16.6. The van der Waals surface area contributed by atoms with Gasteiger partial charge < -0.3 is 4.42 Å². The molecular weight excluding hydrogens is 374 g/mol. The molecule has 0 saturated carbocycles. The van der Waals surface area contributed by atoms with Crippen molar-refractivity contribution in [3.8, 4) is 11.5 Å². The van der Waals surface area contributed by atoms with E-state index < -0.39 is 4.92 Å². The molecule has 1 N–H and O–H groups in total. The SMILES string of the molecule is Cc1ccc(-c2csc(NC(=O)c3cc4cc([N+](=O)[O-])ccc4s3)n2)o1. The van der Waals surface area contributed by atoms with E-state index in [0.29, 0.717) is 26.8 Å². The third-order valence-electron chi connectivity index (χ3n) is 3.65. The molecule has 3 heterocycles. The third kappa shape index (κ3) is 3.09. The minimum atomic E-state index is -0.454. The van der Waals surface area contributed by atoms with Crippen LogP contribution in [0.3, 0.4) is 0 Å². The number of furan rings is 1. The largest absolute Gasteiger partial charge is 0.460 e. The number of nitrogens with zero attached hydrogens (tertiary/aromatic N) is 2. The van der Waals surface area contributed by atoms with Gasteiger partial charge in [0.1, 0.15) is 11.5 Å². The van der Waals surface area contributed by atoms with E-state index in [1.807, 2.05) is 24.4 Å². The number of thiophene rings is 1. The lowest BCUT2D eigenvalue weighted by Crippen LogP contribution is -2.09. The molecule has 0 atom stereocenters. The average molecular weight is 385 g/mol. The second kappa shape index (κ2) is 6.36. The Morgan fingerprint density at radius 2 is 2.12 bits per heavy atom. The van der Waals surface area contributed by atoms with Gasteiger partial charge in [-0.05, 0) is 31.2 Å². The fourth-order valence-corrected chi connectivity index (χ4v) is 4.06. The lowest BCUT2D eigenvalue weighted by molar-refractivity contribution is -0.384. The minimum absolute atomic E-state index is 0.000523. The highest BCUT2D eigenvalue weighted by molar-refractivity contribution is 7.21. The van der Waals surface area contributed by atoms with Crippen LogP contribution in [0.15, 0.2) is 46.2 Å². The summed E-state index contributed by atoms with van der Waals surface area (Å²) in [6, 6.07) is 9.86. The van der Waals surface area contributed by atoms with E-state index in [0.717, 1.165) is 10.5 Å². The topological polar surface area (TPSA) is 98.3 Å². The molecule has 3 aromatic heterocycles. The van der Waals surface area contributed by atoms with E-state index in [1.54, 1.807) is 12.1 Å². The molecule has 130 valence electrons. The Bertz CT molecular complexity index is 1140. The van der Waals surface area contributed by atoms with E-state index in [1.165, 1.54) is 34.8 Å². The number of anilines is 1. The third-order valence-corrected chi connectivity index (χ3v) is 5.52. The van der Waals surface area contributed by atoms with Gasteiger partial charge in [-0.1, -0.05) is 0 Å². The number of nitro benzene ring substituents is 1. The molecule has 0 fully saturated rings. The van der Waals surface area contributed by atoms with Gasteiger partial charge in [-0.2, -0.15) is 0 Å². The first-order chi connectivity index (χ1) is 12.5. The number of hydrogen-bond donors (Lipinski definition) is 1. The van der Waals surface area contributed by atoms with Crippen molar-refractivity contribution in [1.82, 2.24) is 4.98 Å². The Labute approximate surface area is 155 Å². The highest BCUT2D eigenvalue weighted by atomic mass is 32.1. The molecule has 0 aliphatic heterocycles. The van der Waals surface area contributed by atoms with Gasteiger partial charge in [0.25, 0.3) is 11.6 Å². The summed E-state index contributed by atoms with van der Waals surface area (Å²) in [6.45, 7) is 1.85. The van der Waals surface area contributed by atoms with Crippen LogP contribution in [0.1, 0.15) is 15.4 Å². The molecule has 7 nitrogen and oxygen atoms in total. The van der Waals surface area contributed by atoms with Crippen molar-refractivity contribution < 1.29 is 14.1 Å².